The van der Waals surface area contributed by atoms with Gasteiger partial charge < -0.3 is 14.6 Å². The van der Waals surface area contributed by atoms with Gasteiger partial charge in [-0.1, -0.05) is 25.5 Å². The first-order valence-electron chi connectivity index (χ1n) is 10.1. The fourth-order valence-corrected chi connectivity index (χ4v) is 3.45. The van der Waals surface area contributed by atoms with Gasteiger partial charge in [-0.2, -0.15) is 0 Å². The minimum Gasteiger partial charge on any atom is -0.508 e. The van der Waals surface area contributed by atoms with Crippen molar-refractivity contribution in [3.05, 3.63) is 53.1 Å². The molecule has 5 heteroatoms. The van der Waals surface area contributed by atoms with E-state index in [1.54, 1.807) is 12.1 Å². The van der Waals surface area contributed by atoms with E-state index in [4.69, 9.17) is 9.47 Å². The SMILES string of the molecule is CC(=O)O[C@H]1C/C=C(/C)CCCC(C)(C)[C@@H](OC(=O)c2ccc(O)cc2)/C=C/1C. The first-order chi connectivity index (χ1) is 13.6. The molecule has 1 aliphatic carbocycles. The van der Waals surface area contributed by atoms with Gasteiger partial charge >= 0.3 is 11.9 Å². The molecule has 0 heterocycles. The van der Waals surface area contributed by atoms with Crippen LogP contribution in [0.2, 0.25) is 0 Å². The van der Waals surface area contributed by atoms with Crippen molar-refractivity contribution in [2.75, 3.05) is 0 Å². The summed E-state index contributed by atoms with van der Waals surface area (Å²) < 4.78 is 11.4. The molecule has 2 atom stereocenters. The molecule has 0 unspecified atom stereocenters. The molecular weight excluding hydrogens is 368 g/mol. The average molecular weight is 401 g/mol. The Kier molecular flexibility index (Phi) is 7.66. The number of benzene rings is 1. The van der Waals surface area contributed by atoms with Gasteiger partial charge in [0.2, 0.25) is 0 Å². The van der Waals surface area contributed by atoms with Crippen LogP contribution >= 0.6 is 0 Å². The molecular formula is C24H32O5. The number of rotatable bonds is 3. The number of phenols is 1. The van der Waals surface area contributed by atoms with Crippen molar-refractivity contribution in [3.8, 4) is 5.75 Å². The van der Waals surface area contributed by atoms with E-state index in [1.165, 1.54) is 24.6 Å². The van der Waals surface area contributed by atoms with Crippen LogP contribution in [0.5, 0.6) is 5.75 Å². The fourth-order valence-electron chi connectivity index (χ4n) is 3.45. The summed E-state index contributed by atoms with van der Waals surface area (Å²) >= 11 is 0. The molecule has 0 saturated heterocycles. The van der Waals surface area contributed by atoms with Crippen molar-refractivity contribution in [1.82, 2.24) is 0 Å². The van der Waals surface area contributed by atoms with Crippen LogP contribution in [-0.4, -0.2) is 29.3 Å². The topological polar surface area (TPSA) is 72.8 Å². The summed E-state index contributed by atoms with van der Waals surface area (Å²) in [4.78, 5) is 24.3. The third kappa shape index (κ3) is 6.77. The Morgan fingerprint density at radius 1 is 1.10 bits per heavy atom. The van der Waals surface area contributed by atoms with Gasteiger partial charge in [-0.15, -0.1) is 0 Å². The molecule has 29 heavy (non-hydrogen) atoms. The predicted octanol–water partition coefficient (Wildman–Crippen LogP) is 5.34. The Morgan fingerprint density at radius 2 is 1.76 bits per heavy atom. The zero-order valence-electron chi connectivity index (χ0n) is 18.0. The third-order valence-corrected chi connectivity index (χ3v) is 5.41. The molecule has 0 spiro atoms. The molecule has 5 nitrogen and oxygen atoms in total. The lowest BCUT2D eigenvalue weighted by Crippen LogP contribution is -2.33. The number of hydrogen-bond donors (Lipinski definition) is 1. The molecule has 1 N–H and O–H groups in total. The number of phenolic OH excluding ortho intramolecular Hbond substituents is 1. The number of carbonyl (C=O) groups is 2. The number of esters is 2. The maximum atomic E-state index is 12.7. The summed E-state index contributed by atoms with van der Waals surface area (Å²) in [7, 11) is 0. The summed E-state index contributed by atoms with van der Waals surface area (Å²) in [5.74, 6) is -0.680. The maximum Gasteiger partial charge on any atom is 0.338 e. The first kappa shape index (κ1) is 22.7. The summed E-state index contributed by atoms with van der Waals surface area (Å²) in [6, 6.07) is 6.01. The van der Waals surface area contributed by atoms with Crippen molar-refractivity contribution in [3.63, 3.8) is 0 Å². The number of allylic oxidation sites excluding steroid dienone is 1. The zero-order valence-corrected chi connectivity index (χ0v) is 18.0. The second-order valence-corrected chi connectivity index (χ2v) is 8.51. The van der Waals surface area contributed by atoms with E-state index >= 15 is 0 Å². The quantitative estimate of drug-likeness (QED) is 0.547. The van der Waals surface area contributed by atoms with Crippen LogP contribution in [-0.2, 0) is 14.3 Å². The van der Waals surface area contributed by atoms with Crippen LogP contribution in [0.3, 0.4) is 0 Å². The van der Waals surface area contributed by atoms with Crippen molar-refractivity contribution >= 4 is 11.9 Å². The highest BCUT2D eigenvalue weighted by molar-refractivity contribution is 5.89. The third-order valence-electron chi connectivity index (χ3n) is 5.41. The monoisotopic (exact) mass is 400 g/mol. The van der Waals surface area contributed by atoms with Gasteiger partial charge in [0.05, 0.1) is 5.56 Å². The minimum atomic E-state index is -0.472. The zero-order chi connectivity index (χ0) is 21.6. The van der Waals surface area contributed by atoms with E-state index in [1.807, 2.05) is 13.0 Å². The molecule has 2 rings (SSSR count). The molecule has 1 aliphatic rings. The Morgan fingerprint density at radius 3 is 2.38 bits per heavy atom. The Labute approximate surface area is 173 Å². The highest BCUT2D eigenvalue weighted by Crippen LogP contribution is 2.34. The van der Waals surface area contributed by atoms with Crippen molar-refractivity contribution in [2.24, 2.45) is 5.41 Å². The molecule has 1 aromatic rings. The summed E-state index contributed by atoms with van der Waals surface area (Å²) in [5, 5.41) is 9.45. The van der Waals surface area contributed by atoms with E-state index < -0.39 is 12.1 Å². The number of ether oxygens (including phenoxy) is 2. The normalized spacial score (nSPS) is 26.1. The molecule has 158 valence electrons. The lowest BCUT2D eigenvalue weighted by molar-refractivity contribution is -0.144. The molecule has 1 aromatic carbocycles. The molecule has 0 bridgehead atoms. The van der Waals surface area contributed by atoms with Crippen LogP contribution in [0.25, 0.3) is 0 Å². The Balaban J connectivity index is 2.34. The molecule has 0 saturated carbocycles. The maximum absolute atomic E-state index is 12.7. The summed E-state index contributed by atoms with van der Waals surface area (Å²) in [6.07, 6.45) is 6.61. The van der Waals surface area contributed by atoms with Crippen LogP contribution in [0.4, 0.5) is 0 Å². The Bertz CT molecular complexity index is 786. The van der Waals surface area contributed by atoms with Gasteiger partial charge in [0.25, 0.3) is 0 Å². The fraction of sp³-hybridized carbons (Fsp3) is 0.500. The van der Waals surface area contributed by atoms with Crippen LogP contribution in [0.15, 0.2) is 47.6 Å². The van der Waals surface area contributed by atoms with Gasteiger partial charge in [-0.25, -0.2) is 4.79 Å². The standard InChI is InChI=1S/C24H32O5/c1-16-7-6-14-24(4,5)22(15-17(2)21(13-8-16)28-18(3)25)29-23(27)19-9-11-20(26)12-10-19/h8-12,15,21-22,26H,6-7,13-14H2,1-5H3/b16-8-,17-15+/t21-,22-/m0/s1. The van der Waals surface area contributed by atoms with Gasteiger partial charge in [-0.3, -0.25) is 4.79 Å². The van der Waals surface area contributed by atoms with E-state index in [0.717, 1.165) is 24.8 Å². The molecule has 0 aliphatic heterocycles. The van der Waals surface area contributed by atoms with Gasteiger partial charge in [-0.05, 0) is 69.0 Å². The smallest absolute Gasteiger partial charge is 0.338 e. The van der Waals surface area contributed by atoms with E-state index in [2.05, 4.69) is 26.8 Å². The highest BCUT2D eigenvalue weighted by atomic mass is 16.5. The first-order valence-corrected chi connectivity index (χ1v) is 10.1. The van der Waals surface area contributed by atoms with E-state index in [9.17, 15) is 14.7 Å². The van der Waals surface area contributed by atoms with Gasteiger partial charge in [0.15, 0.2) is 0 Å². The highest BCUT2D eigenvalue weighted by Gasteiger charge is 2.32. The lowest BCUT2D eigenvalue weighted by atomic mass is 9.80. The minimum absolute atomic E-state index is 0.0969. The molecule has 0 amide bonds. The molecule has 0 aromatic heterocycles. The largest absolute Gasteiger partial charge is 0.508 e. The van der Waals surface area contributed by atoms with Crippen LogP contribution in [0, 0.1) is 5.41 Å². The molecule has 0 radical (unpaired) electrons. The van der Waals surface area contributed by atoms with E-state index in [-0.39, 0.29) is 23.2 Å². The summed E-state index contributed by atoms with van der Waals surface area (Å²) in [6.45, 7) is 9.58. The molecule has 0 fully saturated rings. The van der Waals surface area contributed by atoms with Gasteiger partial charge in [0.1, 0.15) is 18.0 Å². The number of carbonyl (C=O) groups excluding carboxylic acids is 2. The van der Waals surface area contributed by atoms with Crippen LogP contribution < -0.4 is 0 Å². The predicted molar refractivity (Wildman–Crippen MR) is 113 cm³/mol. The average Bonchev–Trinajstić information content (AvgIpc) is 2.65. The number of aromatic hydroxyl groups is 1. The van der Waals surface area contributed by atoms with Crippen molar-refractivity contribution in [2.45, 2.75) is 72.5 Å². The number of hydrogen-bond acceptors (Lipinski definition) is 5. The second kappa shape index (κ2) is 9.77. The Hall–Kier alpha value is -2.56. The van der Waals surface area contributed by atoms with Crippen molar-refractivity contribution < 1.29 is 24.2 Å². The van der Waals surface area contributed by atoms with Crippen LogP contribution in [0.1, 0.15) is 70.7 Å². The van der Waals surface area contributed by atoms with Gasteiger partial charge in [0, 0.05) is 18.8 Å². The second-order valence-electron chi connectivity index (χ2n) is 8.51. The van der Waals surface area contributed by atoms with Crippen molar-refractivity contribution in [1.29, 1.82) is 0 Å². The lowest BCUT2D eigenvalue weighted by Gasteiger charge is -2.33. The summed E-state index contributed by atoms with van der Waals surface area (Å²) in [5.41, 5.74) is 2.22. The van der Waals surface area contributed by atoms with E-state index in [0.29, 0.717) is 12.0 Å².